The molecule has 0 spiro atoms. The van der Waals surface area contributed by atoms with E-state index in [1.54, 1.807) is 45.0 Å². The second-order valence-corrected chi connectivity index (χ2v) is 8.19. The lowest BCUT2D eigenvalue weighted by Crippen LogP contribution is -2.46. The van der Waals surface area contributed by atoms with Crippen LogP contribution in [0.15, 0.2) is 54.6 Å². The lowest BCUT2D eigenvalue weighted by Gasteiger charge is -2.23. The minimum Gasteiger partial charge on any atom is -0.481 e. The number of carbonyl (C=O) groups is 3. The van der Waals surface area contributed by atoms with Gasteiger partial charge in [0.25, 0.3) is 0 Å². The number of esters is 1. The quantitative estimate of drug-likeness (QED) is 0.541. The van der Waals surface area contributed by atoms with Crippen LogP contribution in [0.5, 0.6) is 0 Å². The normalized spacial score (nSPS) is 12.0. The van der Waals surface area contributed by atoms with E-state index in [0.29, 0.717) is 11.1 Å². The number of rotatable bonds is 10. The van der Waals surface area contributed by atoms with Gasteiger partial charge in [-0.15, -0.1) is 0 Å². The monoisotopic (exact) mass is 443 g/mol. The van der Waals surface area contributed by atoms with Gasteiger partial charge in [-0.1, -0.05) is 54.6 Å². The highest BCUT2D eigenvalue weighted by molar-refractivity contribution is 5.81. The summed E-state index contributed by atoms with van der Waals surface area (Å²) in [5.74, 6) is -1.59. The van der Waals surface area contributed by atoms with Gasteiger partial charge in [0.05, 0.1) is 19.6 Å². The predicted molar refractivity (Wildman–Crippen MR) is 117 cm³/mol. The summed E-state index contributed by atoms with van der Waals surface area (Å²) in [6.45, 7) is 5.31. The molecule has 0 bridgehead atoms. The molecule has 8 nitrogen and oxygen atoms in total. The van der Waals surface area contributed by atoms with E-state index in [9.17, 15) is 14.4 Å². The molecule has 0 aliphatic rings. The van der Waals surface area contributed by atoms with Crippen LogP contribution in [0.4, 0.5) is 4.79 Å². The highest BCUT2D eigenvalue weighted by atomic mass is 16.6. The number of alkyl carbamates (subject to hydrolysis) is 1. The van der Waals surface area contributed by atoms with Gasteiger partial charge >= 0.3 is 18.0 Å². The summed E-state index contributed by atoms with van der Waals surface area (Å²) in [5, 5.41) is 11.3. The lowest BCUT2D eigenvalue weighted by atomic mass is 10.1. The van der Waals surface area contributed by atoms with Crippen LogP contribution >= 0.6 is 0 Å². The molecule has 0 aromatic heterocycles. The first-order chi connectivity index (χ1) is 15.1. The molecule has 2 aromatic rings. The minimum absolute atomic E-state index is 0.0304. The molecule has 0 saturated heterocycles. The fraction of sp³-hybridized carbons (Fsp3) is 0.375. The number of amides is 1. The molecule has 0 radical (unpaired) electrons. The Hall–Kier alpha value is -3.39. The van der Waals surface area contributed by atoms with Crippen molar-refractivity contribution in [3.8, 4) is 0 Å². The van der Waals surface area contributed by atoms with Crippen LogP contribution < -0.4 is 5.32 Å². The molecule has 1 amide bonds. The third-order valence-corrected chi connectivity index (χ3v) is 4.13. The summed E-state index contributed by atoms with van der Waals surface area (Å²) in [4.78, 5) is 35.6. The molecule has 32 heavy (non-hydrogen) atoms. The van der Waals surface area contributed by atoms with Crippen LogP contribution in [0.3, 0.4) is 0 Å². The van der Waals surface area contributed by atoms with Gasteiger partial charge in [-0.05, 0) is 37.5 Å². The number of carboxylic acids is 1. The molecule has 2 N–H and O–H groups in total. The van der Waals surface area contributed by atoms with Crippen LogP contribution in [0.25, 0.3) is 0 Å². The van der Waals surface area contributed by atoms with Crippen molar-refractivity contribution in [2.24, 2.45) is 0 Å². The van der Waals surface area contributed by atoms with Gasteiger partial charge in [0.15, 0.2) is 6.04 Å². The number of ether oxygens (including phenoxy) is 3. The Morgan fingerprint density at radius 1 is 0.906 bits per heavy atom. The Morgan fingerprint density at radius 2 is 1.50 bits per heavy atom. The zero-order valence-electron chi connectivity index (χ0n) is 18.5. The summed E-state index contributed by atoms with van der Waals surface area (Å²) < 4.78 is 16.2. The van der Waals surface area contributed by atoms with Gasteiger partial charge < -0.3 is 24.6 Å². The molecule has 1 atom stereocenters. The fourth-order valence-electron chi connectivity index (χ4n) is 2.67. The summed E-state index contributed by atoms with van der Waals surface area (Å²) in [6, 6.07) is 15.1. The highest BCUT2D eigenvalue weighted by Crippen LogP contribution is 2.10. The van der Waals surface area contributed by atoms with Gasteiger partial charge in [-0.25, -0.2) is 9.59 Å². The maximum Gasteiger partial charge on any atom is 0.408 e. The average Bonchev–Trinajstić information content (AvgIpc) is 2.71. The third kappa shape index (κ3) is 9.61. The van der Waals surface area contributed by atoms with Crippen LogP contribution in [0.2, 0.25) is 0 Å². The van der Waals surface area contributed by atoms with Crippen molar-refractivity contribution in [1.82, 2.24) is 5.32 Å². The second-order valence-electron chi connectivity index (χ2n) is 8.19. The van der Waals surface area contributed by atoms with Crippen molar-refractivity contribution in [3.63, 3.8) is 0 Å². The van der Waals surface area contributed by atoms with Crippen LogP contribution in [0.1, 0.15) is 37.5 Å². The number of nitrogens with one attached hydrogen (secondary N) is 1. The fourth-order valence-corrected chi connectivity index (χ4v) is 2.67. The molecular weight excluding hydrogens is 414 g/mol. The zero-order chi connectivity index (χ0) is 23.6. The number of carboxylic acid groups (broad SMARTS) is 1. The molecule has 0 aliphatic heterocycles. The second kappa shape index (κ2) is 11.9. The standard InChI is InChI=1S/C24H29NO7/c1-24(2,3)32-23(29)25-20(16-30-14-18-7-5-4-6-8-18)22(28)31-15-19-11-9-17(10-12-19)13-21(26)27/h4-12,20H,13-16H2,1-3H3,(H,25,29)(H,26,27)/t20-/m0/s1. The van der Waals surface area contributed by atoms with Crippen molar-refractivity contribution < 1.29 is 33.7 Å². The smallest absolute Gasteiger partial charge is 0.408 e. The maximum absolute atomic E-state index is 12.6. The molecule has 0 fully saturated rings. The first kappa shape index (κ1) is 24.9. The van der Waals surface area contributed by atoms with Crippen molar-refractivity contribution in [1.29, 1.82) is 0 Å². The SMILES string of the molecule is CC(C)(C)OC(=O)N[C@@H](COCc1ccccc1)C(=O)OCc1ccc(CC(=O)O)cc1. The Labute approximate surface area is 187 Å². The van der Waals surface area contributed by atoms with E-state index in [0.717, 1.165) is 5.56 Å². The van der Waals surface area contributed by atoms with Crippen molar-refractivity contribution in [2.45, 2.75) is 52.0 Å². The molecule has 2 rings (SSSR count). The molecule has 0 heterocycles. The molecule has 172 valence electrons. The van der Waals surface area contributed by atoms with Crippen LogP contribution in [0, 0.1) is 0 Å². The Morgan fingerprint density at radius 3 is 2.09 bits per heavy atom. The molecule has 0 saturated carbocycles. The number of aliphatic carboxylic acids is 1. The first-order valence-electron chi connectivity index (χ1n) is 10.2. The number of benzene rings is 2. The molecule has 0 aliphatic carbocycles. The first-order valence-corrected chi connectivity index (χ1v) is 10.2. The van der Waals surface area contributed by atoms with Gasteiger partial charge in [0, 0.05) is 0 Å². The van der Waals surface area contributed by atoms with E-state index in [1.807, 2.05) is 30.3 Å². The van der Waals surface area contributed by atoms with E-state index in [1.165, 1.54) is 0 Å². The van der Waals surface area contributed by atoms with Crippen LogP contribution in [-0.2, 0) is 43.4 Å². The van der Waals surface area contributed by atoms with E-state index in [4.69, 9.17) is 19.3 Å². The van der Waals surface area contributed by atoms with Gasteiger partial charge in [-0.3, -0.25) is 4.79 Å². The summed E-state index contributed by atoms with van der Waals surface area (Å²) in [6.07, 6.45) is -0.832. The van der Waals surface area contributed by atoms with Crippen molar-refractivity contribution >= 4 is 18.0 Å². The van der Waals surface area contributed by atoms with Gasteiger partial charge in [0.1, 0.15) is 12.2 Å². The van der Waals surface area contributed by atoms with E-state index in [2.05, 4.69) is 5.32 Å². The average molecular weight is 443 g/mol. The topological polar surface area (TPSA) is 111 Å². The van der Waals surface area contributed by atoms with E-state index in [-0.39, 0.29) is 26.2 Å². The largest absolute Gasteiger partial charge is 0.481 e. The molecule has 2 aromatic carbocycles. The van der Waals surface area contributed by atoms with Crippen molar-refractivity contribution in [3.05, 3.63) is 71.3 Å². The summed E-state index contributed by atoms with van der Waals surface area (Å²) >= 11 is 0. The van der Waals surface area contributed by atoms with Crippen molar-refractivity contribution in [2.75, 3.05) is 6.61 Å². The number of hydrogen-bond acceptors (Lipinski definition) is 6. The molecular formula is C24H29NO7. The van der Waals surface area contributed by atoms with E-state index < -0.39 is 29.7 Å². The minimum atomic E-state index is -1.06. The maximum atomic E-state index is 12.6. The van der Waals surface area contributed by atoms with Crippen LogP contribution in [-0.4, -0.2) is 41.4 Å². The number of carbonyl (C=O) groups excluding carboxylic acids is 2. The van der Waals surface area contributed by atoms with E-state index >= 15 is 0 Å². The zero-order valence-corrected chi connectivity index (χ0v) is 18.5. The summed E-state index contributed by atoms with van der Waals surface area (Å²) in [5.41, 5.74) is 1.54. The highest BCUT2D eigenvalue weighted by Gasteiger charge is 2.26. The number of hydrogen-bond donors (Lipinski definition) is 2. The lowest BCUT2D eigenvalue weighted by molar-refractivity contribution is -0.149. The predicted octanol–water partition coefficient (Wildman–Crippen LogP) is 3.47. The molecule has 8 heteroatoms. The van der Waals surface area contributed by atoms with Gasteiger partial charge in [-0.2, -0.15) is 0 Å². The van der Waals surface area contributed by atoms with Gasteiger partial charge in [0.2, 0.25) is 0 Å². The Bertz CT molecular complexity index is 889. The Kier molecular flexibility index (Phi) is 9.22. The molecule has 0 unspecified atom stereocenters. The summed E-state index contributed by atoms with van der Waals surface area (Å²) in [7, 11) is 0. The Balaban J connectivity index is 1.95. The third-order valence-electron chi connectivity index (χ3n) is 4.13.